The smallest absolute Gasteiger partial charge is 0.129 e. The van der Waals surface area contributed by atoms with Gasteiger partial charge in [0, 0.05) is 12.4 Å². The summed E-state index contributed by atoms with van der Waals surface area (Å²) in [4.78, 5) is 14.5. The van der Waals surface area contributed by atoms with Gasteiger partial charge in [0.1, 0.15) is 18.6 Å². The molecule has 2 rings (SSSR count). The van der Waals surface area contributed by atoms with Crippen LogP contribution in [0.1, 0.15) is 12.8 Å². The standard InChI is InChI=1S/C10H11NO2/c12-7-10(3-4-10)8-13-9-1-5-11-6-2-9/h1-2,5-7H,3-4,8H2. The molecule has 0 unspecified atom stereocenters. The van der Waals surface area contributed by atoms with Gasteiger partial charge in [-0.05, 0) is 25.0 Å². The predicted molar refractivity (Wildman–Crippen MR) is 47.5 cm³/mol. The van der Waals surface area contributed by atoms with Gasteiger partial charge in [0.2, 0.25) is 0 Å². The zero-order valence-electron chi connectivity index (χ0n) is 7.27. The van der Waals surface area contributed by atoms with E-state index in [1.165, 1.54) is 0 Å². The van der Waals surface area contributed by atoms with Gasteiger partial charge in [0.05, 0.1) is 5.41 Å². The lowest BCUT2D eigenvalue weighted by Crippen LogP contribution is -2.14. The van der Waals surface area contributed by atoms with E-state index in [-0.39, 0.29) is 5.41 Å². The average Bonchev–Trinajstić information content (AvgIpc) is 2.97. The second kappa shape index (κ2) is 3.17. The summed E-state index contributed by atoms with van der Waals surface area (Å²) >= 11 is 0. The minimum Gasteiger partial charge on any atom is -0.492 e. The van der Waals surface area contributed by atoms with Crippen molar-refractivity contribution >= 4 is 6.29 Å². The first-order valence-corrected chi connectivity index (χ1v) is 4.34. The van der Waals surface area contributed by atoms with Gasteiger partial charge >= 0.3 is 0 Å². The van der Waals surface area contributed by atoms with Gasteiger partial charge in [-0.15, -0.1) is 0 Å². The Labute approximate surface area is 76.7 Å². The summed E-state index contributed by atoms with van der Waals surface area (Å²) in [5.41, 5.74) is -0.177. The molecule has 0 radical (unpaired) electrons. The van der Waals surface area contributed by atoms with Gasteiger partial charge in [-0.2, -0.15) is 0 Å². The molecule has 0 aliphatic heterocycles. The Kier molecular flexibility index (Phi) is 2.00. The Balaban J connectivity index is 1.90. The van der Waals surface area contributed by atoms with Crippen LogP contribution >= 0.6 is 0 Å². The van der Waals surface area contributed by atoms with Gasteiger partial charge in [-0.3, -0.25) is 4.98 Å². The third kappa shape index (κ3) is 1.86. The Morgan fingerprint density at radius 2 is 2.15 bits per heavy atom. The molecule has 0 N–H and O–H groups in total. The van der Waals surface area contributed by atoms with E-state index in [9.17, 15) is 4.79 Å². The highest BCUT2D eigenvalue weighted by Gasteiger charge is 2.43. The fraction of sp³-hybridized carbons (Fsp3) is 0.400. The summed E-state index contributed by atoms with van der Waals surface area (Å²) in [5.74, 6) is 0.781. The van der Waals surface area contributed by atoms with Gasteiger partial charge in [-0.25, -0.2) is 0 Å². The van der Waals surface area contributed by atoms with Crippen LogP contribution in [0.3, 0.4) is 0 Å². The molecule has 0 amide bonds. The monoisotopic (exact) mass is 177 g/mol. The summed E-state index contributed by atoms with van der Waals surface area (Å²) in [6.07, 6.45) is 6.28. The molecule has 1 aliphatic rings. The van der Waals surface area contributed by atoms with Crippen molar-refractivity contribution in [3.8, 4) is 5.75 Å². The van der Waals surface area contributed by atoms with E-state index in [2.05, 4.69) is 4.98 Å². The van der Waals surface area contributed by atoms with Crippen LogP contribution in [0.4, 0.5) is 0 Å². The molecule has 0 aromatic carbocycles. The van der Waals surface area contributed by atoms with Crippen LogP contribution in [-0.4, -0.2) is 17.9 Å². The summed E-state index contributed by atoms with van der Waals surface area (Å²) in [5, 5.41) is 0. The fourth-order valence-corrected chi connectivity index (χ4v) is 1.12. The predicted octanol–water partition coefficient (Wildman–Crippen LogP) is 1.44. The van der Waals surface area contributed by atoms with E-state index in [1.54, 1.807) is 24.5 Å². The summed E-state index contributed by atoms with van der Waals surface area (Å²) in [7, 11) is 0. The molecule has 3 nitrogen and oxygen atoms in total. The SMILES string of the molecule is O=CC1(COc2ccncc2)CC1. The topological polar surface area (TPSA) is 39.2 Å². The van der Waals surface area contributed by atoms with E-state index in [4.69, 9.17) is 4.74 Å². The number of aldehydes is 1. The largest absolute Gasteiger partial charge is 0.492 e. The number of hydrogen-bond acceptors (Lipinski definition) is 3. The van der Waals surface area contributed by atoms with Crippen LogP contribution in [0.15, 0.2) is 24.5 Å². The molecule has 1 fully saturated rings. The molecule has 0 spiro atoms. The van der Waals surface area contributed by atoms with Gasteiger partial charge in [-0.1, -0.05) is 0 Å². The van der Waals surface area contributed by atoms with Crippen molar-refractivity contribution in [2.75, 3.05) is 6.61 Å². The molecule has 68 valence electrons. The van der Waals surface area contributed by atoms with Gasteiger partial charge in [0.15, 0.2) is 0 Å². The molecule has 0 atom stereocenters. The highest BCUT2D eigenvalue weighted by molar-refractivity contribution is 5.63. The third-order valence-electron chi connectivity index (χ3n) is 2.32. The third-order valence-corrected chi connectivity index (χ3v) is 2.32. The lowest BCUT2D eigenvalue weighted by atomic mass is 10.1. The Hall–Kier alpha value is -1.38. The molecular weight excluding hydrogens is 166 g/mol. The summed E-state index contributed by atoms with van der Waals surface area (Å²) in [6.45, 7) is 0.501. The number of aromatic nitrogens is 1. The number of carbonyl (C=O) groups excluding carboxylic acids is 1. The Morgan fingerprint density at radius 1 is 1.46 bits per heavy atom. The molecule has 1 aromatic heterocycles. The Bertz CT molecular complexity index is 293. The lowest BCUT2D eigenvalue weighted by molar-refractivity contribution is -0.113. The maximum Gasteiger partial charge on any atom is 0.129 e. The van der Waals surface area contributed by atoms with E-state index in [0.717, 1.165) is 24.9 Å². The Morgan fingerprint density at radius 3 is 2.69 bits per heavy atom. The highest BCUT2D eigenvalue weighted by Crippen LogP contribution is 2.43. The molecule has 1 saturated carbocycles. The fourth-order valence-electron chi connectivity index (χ4n) is 1.12. The quantitative estimate of drug-likeness (QED) is 0.653. The van der Waals surface area contributed by atoms with Crippen molar-refractivity contribution in [1.82, 2.24) is 4.98 Å². The first-order valence-electron chi connectivity index (χ1n) is 4.34. The van der Waals surface area contributed by atoms with E-state index < -0.39 is 0 Å². The second-order valence-electron chi connectivity index (χ2n) is 3.45. The van der Waals surface area contributed by atoms with Crippen molar-refractivity contribution < 1.29 is 9.53 Å². The first-order chi connectivity index (χ1) is 6.35. The maximum absolute atomic E-state index is 10.6. The number of nitrogens with zero attached hydrogens (tertiary/aromatic N) is 1. The van der Waals surface area contributed by atoms with Gasteiger partial charge < -0.3 is 9.53 Å². The highest BCUT2D eigenvalue weighted by atomic mass is 16.5. The average molecular weight is 177 g/mol. The molecule has 13 heavy (non-hydrogen) atoms. The molecule has 1 heterocycles. The zero-order valence-corrected chi connectivity index (χ0v) is 7.27. The molecule has 3 heteroatoms. The van der Waals surface area contributed by atoms with Crippen LogP contribution in [-0.2, 0) is 4.79 Å². The molecule has 0 bridgehead atoms. The number of rotatable bonds is 4. The van der Waals surface area contributed by atoms with Crippen molar-refractivity contribution in [3.63, 3.8) is 0 Å². The summed E-state index contributed by atoms with van der Waals surface area (Å²) in [6, 6.07) is 3.59. The number of hydrogen-bond donors (Lipinski definition) is 0. The van der Waals surface area contributed by atoms with Crippen molar-refractivity contribution in [3.05, 3.63) is 24.5 Å². The molecular formula is C10H11NO2. The minimum atomic E-state index is -0.177. The van der Waals surface area contributed by atoms with Crippen molar-refractivity contribution in [2.24, 2.45) is 5.41 Å². The van der Waals surface area contributed by atoms with E-state index in [0.29, 0.717) is 6.61 Å². The molecule has 1 aliphatic carbocycles. The second-order valence-corrected chi connectivity index (χ2v) is 3.45. The number of ether oxygens (including phenoxy) is 1. The van der Waals surface area contributed by atoms with Crippen LogP contribution in [0.5, 0.6) is 5.75 Å². The molecule has 0 saturated heterocycles. The lowest BCUT2D eigenvalue weighted by Gasteiger charge is -2.08. The first kappa shape index (κ1) is 8.23. The number of carbonyl (C=O) groups is 1. The van der Waals surface area contributed by atoms with E-state index in [1.807, 2.05) is 0 Å². The van der Waals surface area contributed by atoms with Crippen LogP contribution in [0.25, 0.3) is 0 Å². The van der Waals surface area contributed by atoms with Crippen LogP contribution in [0, 0.1) is 5.41 Å². The van der Waals surface area contributed by atoms with Gasteiger partial charge in [0.25, 0.3) is 0 Å². The summed E-state index contributed by atoms with van der Waals surface area (Å²) < 4.78 is 5.45. The number of pyridine rings is 1. The zero-order chi connectivity index (χ0) is 9.15. The minimum absolute atomic E-state index is 0.177. The molecule has 1 aromatic rings. The van der Waals surface area contributed by atoms with E-state index >= 15 is 0 Å². The normalized spacial score (nSPS) is 17.8. The van der Waals surface area contributed by atoms with Crippen molar-refractivity contribution in [1.29, 1.82) is 0 Å². The van der Waals surface area contributed by atoms with Crippen LogP contribution < -0.4 is 4.74 Å². The maximum atomic E-state index is 10.6. The van der Waals surface area contributed by atoms with Crippen molar-refractivity contribution in [2.45, 2.75) is 12.8 Å². The van der Waals surface area contributed by atoms with Crippen LogP contribution in [0.2, 0.25) is 0 Å².